The molecule has 1 aromatic carbocycles. The number of amides is 1. The number of fused-ring (bicyclic) bond motifs is 2. The molecule has 0 aliphatic carbocycles. The molecule has 0 spiro atoms. The fraction of sp³-hybridized carbons (Fsp3) is 0.367. The number of hydrogen-bond acceptors (Lipinski definition) is 9. The fourth-order valence-corrected chi connectivity index (χ4v) is 5.06. The third kappa shape index (κ3) is 5.72. The number of pyridine rings is 1. The molecule has 6 rings (SSSR count). The normalized spacial score (nSPS) is 14.4. The van der Waals surface area contributed by atoms with Crippen molar-refractivity contribution in [1.82, 2.24) is 24.5 Å². The lowest BCUT2D eigenvalue weighted by Crippen LogP contribution is -2.42. The van der Waals surface area contributed by atoms with Crippen molar-refractivity contribution in [2.75, 3.05) is 34.8 Å². The summed E-state index contributed by atoms with van der Waals surface area (Å²) in [5.74, 6) is 0.942. The second-order valence-electron chi connectivity index (χ2n) is 11.1. The predicted molar refractivity (Wildman–Crippen MR) is 154 cm³/mol. The lowest BCUT2D eigenvalue weighted by Gasteiger charge is -2.35. The standard InChI is InChI=1S/C30H32N8O3/c1-20-25(16-32-27-26(20)38(12-13-40-27)29(39)41-30(2,3)4)37-10-8-22-15-33-28(35-24(22)18-37)34-23-7-5-6-21(14-23)17-36-11-9-31-19-36/h6,9,11,14-16,19H,8,10,12-13,17-18H2,1-4H3,(H,33,34,35). The summed E-state index contributed by atoms with van der Waals surface area (Å²) in [6, 6.07) is 10.1. The zero-order valence-electron chi connectivity index (χ0n) is 23.6. The summed E-state index contributed by atoms with van der Waals surface area (Å²) in [6.45, 7) is 10.4. The SMILES string of the molecule is Cc1c(N2CCc3cnc(Nc4c#ccc(Cn5ccnc5)c4)nc3C2)cnc2c1N(C(=O)OC(C)(C)C)CCO2. The third-order valence-corrected chi connectivity index (χ3v) is 6.94. The molecule has 41 heavy (non-hydrogen) atoms. The Morgan fingerprint density at radius 1 is 1.22 bits per heavy atom. The zero-order chi connectivity index (χ0) is 28.6. The van der Waals surface area contributed by atoms with Crippen LogP contribution in [0.1, 0.15) is 43.2 Å². The molecule has 11 heteroatoms. The van der Waals surface area contributed by atoms with Gasteiger partial charge in [-0.1, -0.05) is 6.07 Å². The molecule has 210 valence electrons. The van der Waals surface area contributed by atoms with Crippen molar-refractivity contribution in [3.05, 3.63) is 77.8 Å². The van der Waals surface area contributed by atoms with Gasteiger partial charge in [-0.3, -0.25) is 4.90 Å². The van der Waals surface area contributed by atoms with Gasteiger partial charge in [0.05, 0.1) is 42.7 Å². The molecule has 1 N–H and O–H groups in total. The number of carbonyl (C=O) groups is 1. The number of imidazole rings is 1. The van der Waals surface area contributed by atoms with Crippen molar-refractivity contribution in [1.29, 1.82) is 0 Å². The van der Waals surface area contributed by atoms with Crippen LogP contribution in [0.4, 0.5) is 27.8 Å². The van der Waals surface area contributed by atoms with Crippen LogP contribution in [0.3, 0.4) is 0 Å². The van der Waals surface area contributed by atoms with E-state index in [4.69, 9.17) is 14.5 Å². The van der Waals surface area contributed by atoms with E-state index in [1.807, 2.05) is 63.0 Å². The number of aromatic nitrogens is 5. The van der Waals surface area contributed by atoms with E-state index in [9.17, 15) is 4.79 Å². The first kappa shape index (κ1) is 26.4. The molecule has 5 heterocycles. The lowest BCUT2D eigenvalue weighted by atomic mass is 10.0. The van der Waals surface area contributed by atoms with Gasteiger partial charge >= 0.3 is 6.09 Å². The molecule has 3 aromatic heterocycles. The molecule has 0 radical (unpaired) electrons. The Hall–Kier alpha value is -4.85. The highest BCUT2D eigenvalue weighted by molar-refractivity contribution is 5.92. The minimum Gasteiger partial charge on any atom is -0.474 e. The summed E-state index contributed by atoms with van der Waals surface area (Å²) >= 11 is 0. The van der Waals surface area contributed by atoms with Crippen molar-refractivity contribution >= 4 is 29.1 Å². The van der Waals surface area contributed by atoms with E-state index in [0.29, 0.717) is 43.8 Å². The summed E-state index contributed by atoms with van der Waals surface area (Å²) in [6.07, 6.45) is 9.55. The first-order chi connectivity index (χ1) is 19.7. The molecule has 0 atom stereocenters. The number of anilines is 4. The van der Waals surface area contributed by atoms with Gasteiger partial charge in [-0.2, -0.15) is 0 Å². The van der Waals surface area contributed by atoms with Crippen LogP contribution < -0.4 is 19.9 Å². The number of ether oxygens (including phenoxy) is 2. The first-order valence-corrected chi connectivity index (χ1v) is 13.6. The second-order valence-corrected chi connectivity index (χ2v) is 11.1. The number of rotatable bonds is 5. The van der Waals surface area contributed by atoms with Gasteiger partial charge < -0.3 is 24.3 Å². The Labute approximate surface area is 239 Å². The van der Waals surface area contributed by atoms with Crippen LogP contribution in [0.15, 0.2) is 43.2 Å². The largest absolute Gasteiger partial charge is 0.474 e. The molecule has 4 aromatic rings. The molecule has 0 saturated carbocycles. The molecule has 2 aliphatic rings. The Balaban J connectivity index is 1.22. The molecule has 0 bridgehead atoms. The van der Waals surface area contributed by atoms with Crippen molar-refractivity contribution in [2.45, 2.75) is 52.8 Å². The quantitative estimate of drug-likeness (QED) is 0.384. The number of nitrogens with one attached hydrogen (secondary N) is 1. The van der Waals surface area contributed by atoms with Crippen molar-refractivity contribution < 1.29 is 14.3 Å². The van der Waals surface area contributed by atoms with Gasteiger partial charge in [-0.25, -0.2) is 24.7 Å². The topological polar surface area (TPSA) is 111 Å². The maximum Gasteiger partial charge on any atom is 0.415 e. The van der Waals surface area contributed by atoms with E-state index in [1.165, 1.54) is 0 Å². The Morgan fingerprint density at radius 2 is 2.10 bits per heavy atom. The molecule has 0 fully saturated rings. The smallest absolute Gasteiger partial charge is 0.415 e. The van der Waals surface area contributed by atoms with Gasteiger partial charge in [0, 0.05) is 37.2 Å². The van der Waals surface area contributed by atoms with E-state index in [1.54, 1.807) is 17.4 Å². The van der Waals surface area contributed by atoms with Crippen LogP contribution in [-0.2, 0) is 24.2 Å². The molecule has 0 unspecified atom stereocenters. The summed E-state index contributed by atoms with van der Waals surface area (Å²) in [5, 5.41) is 3.28. The average molecular weight is 553 g/mol. The number of nitrogens with zero attached hydrogens (tertiary/aromatic N) is 7. The van der Waals surface area contributed by atoms with Crippen molar-refractivity contribution in [3.63, 3.8) is 0 Å². The average Bonchev–Trinajstić information content (AvgIpc) is 3.45. The van der Waals surface area contributed by atoms with Gasteiger partial charge in [-0.05, 0) is 63.4 Å². The molecule has 11 nitrogen and oxygen atoms in total. The predicted octanol–water partition coefficient (Wildman–Crippen LogP) is 4.47. The maximum atomic E-state index is 13.0. The van der Waals surface area contributed by atoms with Crippen LogP contribution in [0.2, 0.25) is 0 Å². The zero-order valence-corrected chi connectivity index (χ0v) is 23.6. The van der Waals surface area contributed by atoms with Crippen LogP contribution in [0.5, 0.6) is 5.88 Å². The van der Waals surface area contributed by atoms with E-state index in [-0.39, 0.29) is 0 Å². The first-order valence-electron chi connectivity index (χ1n) is 13.6. The van der Waals surface area contributed by atoms with E-state index >= 15 is 0 Å². The van der Waals surface area contributed by atoms with E-state index in [2.05, 4.69) is 37.3 Å². The van der Waals surface area contributed by atoms with Crippen molar-refractivity contribution in [2.24, 2.45) is 0 Å². The minimum atomic E-state index is -0.603. The maximum absolute atomic E-state index is 13.0. The van der Waals surface area contributed by atoms with Gasteiger partial charge in [0.1, 0.15) is 17.9 Å². The highest BCUT2D eigenvalue weighted by Crippen LogP contribution is 2.39. The van der Waals surface area contributed by atoms with Crippen LogP contribution in [0, 0.1) is 19.1 Å². The Kier molecular flexibility index (Phi) is 6.83. The molecular weight excluding hydrogens is 520 g/mol. The highest BCUT2D eigenvalue weighted by Gasteiger charge is 2.32. The Morgan fingerprint density at radius 3 is 2.90 bits per heavy atom. The summed E-state index contributed by atoms with van der Waals surface area (Å²) in [5.41, 5.74) is 5.74. The van der Waals surface area contributed by atoms with Crippen LogP contribution in [-0.4, -0.2) is 55.9 Å². The van der Waals surface area contributed by atoms with Crippen molar-refractivity contribution in [3.8, 4) is 5.88 Å². The van der Waals surface area contributed by atoms with E-state index < -0.39 is 11.7 Å². The van der Waals surface area contributed by atoms with Crippen LogP contribution in [0.25, 0.3) is 0 Å². The summed E-state index contributed by atoms with van der Waals surface area (Å²) in [4.78, 5) is 35.0. The fourth-order valence-electron chi connectivity index (χ4n) is 5.06. The molecular formula is C30H32N8O3. The summed E-state index contributed by atoms with van der Waals surface area (Å²) in [7, 11) is 0. The van der Waals surface area contributed by atoms with Crippen LogP contribution >= 0.6 is 0 Å². The highest BCUT2D eigenvalue weighted by atomic mass is 16.6. The third-order valence-electron chi connectivity index (χ3n) is 6.94. The van der Waals surface area contributed by atoms with Gasteiger partial charge in [-0.15, -0.1) is 0 Å². The minimum absolute atomic E-state index is 0.365. The second kappa shape index (κ2) is 10.6. The summed E-state index contributed by atoms with van der Waals surface area (Å²) < 4.78 is 13.5. The van der Waals surface area contributed by atoms with E-state index in [0.717, 1.165) is 46.7 Å². The lowest BCUT2D eigenvalue weighted by molar-refractivity contribution is 0.0566. The van der Waals surface area contributed by atoms with Gasteiger partial charge in [0.25, 0.3) is 0 Å². The van der Waals surface area contributed by atoms with Gasteiger partial charge in [0.2, 0.25) is 11.8 Å². The molecule has 0 saturated heterocycles. The molecule has 1 amide bonds. The molecule has 2 aliphatic heterocycles. The Bertz CT molecular complexity index is 1560. The number of carbonyl (C=O) groups excluding carboxylic acids is 1. The monoisotopic (exact) mass is 552 g/mol. The number of hydrogen-bond donors (Lipinski definition) is 1. The van der Waals surface area contributed by atoms with Gasteiger partial charge in [0.15, 0.2) is 0 Å².